The Morgan fingerprint density at radius 3 is 1.50 bits per heavy atom. The van der Waals surface area contributed by atoms with Crippen LogP contribution in [-0.2, 0) is 4.79 Å². The Kier molecular flexibility index (Phi) is 20.5. The average molecular weight is 361 g/mol. The third kappa shape index (κ3) is 22.6. The van der Waals surface area contributed by atoms with Crippen LogP contribution in [0.25, 0.3) is 0 Å². The van der Waals surface area contributed by atoms with Crippen molar-refractivity contribution in [3.05, 3.63) is 0 Å². The first kappa shape index (κ1) is 24.6. The van der Waals surface area contributed by atoms with Crippen molar-refractivity contribution in [3.8, 4) is 23.7 Å². The summed E-state index contributed by atoms with van der Waals surface area (Å²) in [5.41, 5.74) is 0. The molecule has 0 aromatic carbocycles. The third-order valence-corrected chi connectivity index (χ3v) is 4.55. The van der Waals surface area contributed by atoms with Crippen molar-refractivity contribution in [1.82, 2.24) is 0 Å². The van der Waals surface area contributed by atoms with Gasteiger partial charge in [0.2, 0.25) is 0 Å². The maximum atomic E-state index is 10.3. The maximum Gasteiger partial charge on any atom is 0.304 e. The van der Waals surface area contributed by atoms with Gasteiger partial charge < -0.3 is 5.11 Å². The molecule has 0 unspecified atom stereocenters. The van der Waals surface area contributed by atoms with E-state index in [1.54, 1.807) is 0 Å². The van der Waals surface area contributed by atoms with Gasteiger partial charge in [0, 0.05) is 12.8 Å². The number of rotatable bonds is 16. The molecule has 2 nitrogen and oxygen atoms in total. The standard InChI is InChI=1S/C24H40O2/c1-2-3-4-5-6-7-8-9-10-11-12-13-14-15-16-17-18-19-20-21-22-23-24(25)26/h2-16,19,22-23H2,1H3,(H,25,26). The molecule has 0 aromatic heterocycles. The van der Waals surface area contributed by atoms with E-state index < -0.39 is 5.97 Å². The molecule has 0 aliphatic rings. The monoisotopic (exact) mass is 360 g/mol. The Balaban J connectivity index is 3.18. The summed E-state index contributed by atoms with van der Waals surface area (Å²) in [6.45, 7) is 2.28. The summed E-state index contributed by atoms with van der Waals surface area (Å²) in [7, 11) is 0. The Labute approximate surface area is 162 Å². The highest BCUT2D eigenvalue weighted by Gasteiger charge is 1.94. The summed E-state index contributed by atoms with van der Waals surface area (Å²) >= 11 is 0. The molecular weight excluding hydrogens is 320 g/mol. The van der Waals surface area contributed by atoms with Crippen LogP contribution < -0.4 is 0 Å². The molecule has 0 aromatic rings. The van der Waals surface area contributed by atoms with Crippen molar-refractivity contribution in [3.63, 3.8) is 0 Å². The van der Waals surface area contributed by atoms with Crippen LogP contribution in [0.1, 0.15) is 122 Å². The van der Waals surface area contributed by atoms with Gasteiger partial charge in [0.25, 0.3) is 0 Å². The lowest BCUT2D eigenvalue weighted by molar-refractivity contribution is -0.136. The Hall–Kier alpha value is -1.41. The topological polar surface area (TPSA) is 37.3 Å². The van der Waals surface area contributed by atoms with E-state index in [1.807, 2.05) is 0 Å². The summed E-state index contributed by atoms with van der Waals surface area (Å²) < 4.78 is 0. The van der Waals surface area contributed by atoms with Crippen LogP contribution >= 0.6 is 0 Å². The zero-order valence-electron chi connectivity index (χ0n) is 17.1. The molecule has 0 radical (unpaired) electrons. The van der Waals surface area contributed by atoms with Gasteiger partial charge in [-0.05, 0) is 6.42 Å². The number of carbonyl (C=O) groups is 1. The van der Waals surface area contributed by atoms with Gasteiger partial charge in [-0.2, -0.15) is 0 Å². The van der Waals surface area contributed by atoms with Gasteiger partial charge in [-0.3, -0.25) is 4.79 Å². The highest BCUT2D eigenvalue weighted by Crippen LogP contribution is 2.13. The lowest BCUT2D eigenvalue weighted by Crippen LogP contribution is -1.91. The largest absolute Gasteiger partial charge is 0.481 e. The number of aliphatic carboxylic acids is 1. The fourth-order valence-corrected chi connectivity index (χ4v) is 2.92. The molecule has 1 N–H and O–H groups in total. The van der Waals surface area contributed by atoms with Crippen molar-refractivity contribution < 1.29 is 9.90 Å². The van der Waals surface area contributed by atoms with Crippen LogP contribution in [0, 0.1) is 23.7 Å². The molecule has 0 saturated heterocycles. The van der Waals surface area contributed by atoms with E-state index in [1.165, 1.54) is 89.9 Å². The van der Waals surface area contributed by atoms with Gasteiger partial charge in [-0.1, -0.05) is 102 Å². The first-order valence-electron chi connectivity index (χ1n) is 10.9. The minimum absolute atomic E-state index is 0.124. The molecule has 0 aliphatic carbocycles. The summed E-state index contributed by atoms with van der Waals surface area (Å²) in [4.78, 5) is 10.3. The lowest BCUT2D eigenvalue weighted by atomic mass is 10.0. The van der Waals surface area contributed by atoms with E-state index in [0.29, 0.717) is 12.8 Å². The number of hydrogen-bond acceptors (Lipinski definition) is 1. The van der Waals surface area contributed by atoms with Crippen LogP contribution in [0.4, 0.5) is 0 Å². The molecule has 0 heterocycles. The molecule has 0 bridgehead atoms. The molecule has 0 atom stereocenters. The van der Waals surface area contributed by atoms with Crippen LogP contribution in [0.3, 0.4) is 0 Å². The molecule has 0 saturated carbocycles. The second-order valence-electron chi connectivity index (χ2n) is 7.12. The van der Waals surface area contributed by atoms with Gasteiger partial charge in [-0.25, -0.2) is 0 Å². The first-order valence-corrected chi connectivity index (χ1v) is 10.9. The third-order valence-electron chi connectivity index (χ3n) is 4.55. The molecule has 0 fully saturated rings. The fourth-order valence-electron chi connectivity index (χ4n) is 2.92. The molecule has 0 amide bonds. The van der Waals surface area contributed by atoms with Gasteiger partial charge in [-0.15, -0.1) is 11.8 Å². The van der Waals surface area contributed by atoms with E-state index in [-0.39, 0.29) is 6.42 Å². The number of carboxylic acid groups (broad SMARTS) is 1. The summed E-state index contributed by atoms with van der Waals surface area (Å²) in [5, 5.41) is 8.48. The predicted octanol–water partition coefficient (Wildman–Crippen LogP) is 7.12. The van der Waals surface area contributed by atoms with E-state index in [0.717, 1.165) is 6.42 Å². The summed E-state index contributed by atoms with van der Waals surface area (Å²) in [6, 6.07) is 0. The zero-order valence-corrected chi connectivity index (χ0v) is 17.1. The normalized spacial score (nSPS) is 9.88. The van der Waals surface area contributed by atoms with E-state index in [4.69, 9.17) is 5.11 Å². The van der Waals surface area contributed by atoms with E-state index >= 15 is 0 Å². The Bertz CT molecular complexity index is 431. The minimum Gasteiger partial charge on any atom is -0.481 e. The van der Waals surface area contributed by atoms with Gasteiger partial charge in [0.15, 0.2) is 0 Å². The molecule has 2 heteroatoms. The smallest absolute Gasteiger partial charge is 0.304 e. The molecule has 0 spiro atoms. The molecule has 0 rings (SSSR count). The molecular formula is C24H40O2. The van der Waals surface area contributed by atoms with Crippen molar-refractivity contribution in [2.75, 3.05) is 0 Å². The quantitative estimate of drug-likeness (QED) is 0.235. The summed E-state index contributed by atoms with van der Waals surface area (Å²) in [6.07, 6.45) is 21.4. The summed E-state index contributed by atoms with van der Waals surface area (Å²) in [5.74, 6) is 11.2. The van der Waals surface area contributed by atoms with Crippen molar-refractivity contribution in [2.45, 2.75) is 122 Å². The van der Waals surface area contributed by atoms with Gasteiger partial charge in [0.05, 0.1) is 12.8 Å². The minimum atomic E-state index is -0.789. The SMILES string of the molecule is CCCCCCCCCCCCCCCCC#CCC#CCCC(=O)O. The highest BCUT2D eigenvalue weighted by molar-refractivity contribution is 5.67. The second-order valence-corrected chi connectivity index (χ2v) is 7.12. The lowest BCUT2D eigenvalue weighted by Gasteiger charge is -2.02. The Morgan fingerprint density at radius 2 is 1.04 bits per heavy atom. The number of hydrogen-bond donors (Lipinski definition) is 1. The predicted molar refractivity (Wildman–Crippen MR) is 112 cm³/mol. The first-order chi connectivity index (χ1) is 12.8. The van der Waals surface area contributed by atoms with Gasteiger partial charge in [0.1, 0.15) is 0 Å². The second kappa shape index (κ2) is 21.6. The van der Waals surface area contributed by atoms with Crippen molar-refractivity contribution in [2.24, 2.45) is 0 Å². The zero-order chi connectivity index (χ0) is 19.1. The molecule has 26 heavy (non-hydrogen) atoms. The average Bonchev–Trinajstić information content (AvgIpc) is 2.62. The van der Waals surface area contributed by atoms with Crippen LogP contribution in [0.15, 0.2) is 0 Å². The highest BCUT2D eigenvalue weighted by atomic mass is 16.4. The number of unbranched alkanes of at least 4 members (excludes halogenated alkanes) is 14. The van der Waals surface area contributed by atoms with Crippen LogP contribution in [0.2, 0.25) is 0 Å². The van der Waals surface area contributed by atoms with Crippen LogP contribution in [0.5, 0.6) is 0 Å². The van der Waals surface area contributed by atoms with E-state index in [9.17, 15) is 4.79 Å². The van der Waals surface area contributed by atoms with E-state index in [2.05, 4.69) is 30.6 Å². The van der Waals surface area contributed by atoms with Crippen molar-refractivity contribution in [1.29, 1.82) is 0 Å². The maximum absolute atomic E-state index is 10.3. The fraction of sp³-hybridized carbons (Fsp3) is 0.792. The number of carboxylic acids is 1. The molecule has 148 valence electrons. The Morgan fingerprint density at radius 1 is 0.615 bits per heavy atom. The van der Waals surface area contributed by atoms with Crippen LogP contribution in [-0.4, -0.2) is 11.1 Å². The molecule has 0 aliphatic heterocycles. The van der Waals surface area contributed by atoms with Gasteiger partial charge >= 0.3 is 5.97 Å². The van der Waals surface area contributed by atoms with Crippen molar-refractivity contribution >= 4 is 5.97 Å².